The Hall–Kier alpha value is -1.39. The van der Waals surface area contributed by atoms with Gasteiger partial charge in [-0.1, -0.05) is 0 Å². The molecule has 2 nitrogen and oxygen atoms in total. The summed E-state index contributed by atoms with van der Waals surface area (Å²) in [5, 5.41) is 15.5. The number of thiophene rings is 1. The number of aryl methyl sites for hydroxylation is 1. The smallest absolute Gasteiger partial charge is 0.123 e. The first-order chi connectivity index (χ1) is 9.65. The molecule has 1 aromatic carbocycles. The fourth-order valence-corrected chi connectivity index (χ4v) is 3.91. The Morgan fingerprint density at radius 3 is 3.10 bits per heavy atom. The molecule has 0 bridgehead atoms. The maximum Gasteiger partial charge on any atom is 0.123 e. The zero-order valence-corrected chi connectivity index (χ0v) is 12.2. The number of benzene rings is 1. The van der Waals surface area contributed by atoms with E-state index in [1.54, 1.807) is 0 Å². The van der Waals surface area contributed by atoms with Gasteiger partial charge >= 0.3 is 0 Å². The molecule has 0 spiro atoms. The van der Waals surface area contributed by atoms with Crippen LogP contribution in [0.4, 0.5) is 4.39 Å². The summed E-state index contributed by atoms with van der Waals surface area (Å²) >= 11 is 1.81. The minimum atomic E-state index is -0.314. The lowest BCUT2D eigenvalue weighted by Crippen LogP contribution is -2.27. The van der Waals surface area contributed by atoms with Crippen LogP contribution in [-0.4, -0.2) is 5.11 Å². The molecule has 3 rings (SSSR count). The number of hydrogen-bond donors (Lipinski definition) is 2. The van der Waals surface area contributed by atoms with Gasteiger partial charge in [-0.25, -0.2) is 4.39 Å². The highest BCUT2D eigenvalue weighted by Crippen LogP contribution is 2.35. The second-order valence-electron chi connectivity index (χ2n) is 5.34. The van der Waals surface area contributed by atoms with E-state index in [0.717, 1.165) is 12.8 Å². The van der Waals surface area contributed by atoms with E-state index in [0.29, 0.717) is 11.6 Å². The van der Waals surface area contributed by atoms with Crippen LogP contribution in [0.5, 0.6) is 5.75 Å². The fraction of sp³-hybridized carbons (Fsp3) is 0.375. The molecule has 0 saturated carbocycles. The molecule has 20 heavy (non-hydrogen) atoms. The average Bonchev–Trinajstić information content (AvgIpc) is 2.91. The van der Waals surface area contributed by atoms with Gasteiger partial charge in [0.1, 0.15) is 11.6 Å². The largest absolute Gasteiger partial charge is 0.508 e. The monoisotopic (exact) mass is 291 g/mol. The first-order valence-corrected chi connectivity index (χ1v) is 7.84. The van der Waals surface area contributed by atoms with Gasteiger partial charge in [0, 0.05) is 22.5 Å². The SMILES string of the molecule is CC(NC1CCCc2sccc21)c1cc(F)ccc1O. The van der Waals surface area contributed by atoms with Crippen molar-refractivity contribution < 1.29 is 9.50 Å². The number of fused-ring (bicyclic) bond motifs is 1. The molecule has 4 heteroatoms. The second kappa shape index (κ2) is 5.54. The zero-order chi connectivity index (χ0) is 14.1. The number of nitrogens with one attached hydrogen (secondary N) is 1. The van der Waals surface area contributed by atoms with Crippen LogP contribution in [0.3, 0.4) is 0 Å². The predicted octanol–water partition coefficient (Wildman–Crippen LogP) is 4.32. The molecule has 0 radical (unpaired) electrons. The molecule has 2 atom stereocenters. The van der Waals surface area contributed by atoms with Crippen molar-refractivity contribution >= 4 is 11.3 Å². The van der Waals surface area contributed by atoms with Gasteiger partial charge < -0.3 is 10.4 Å². The van der Waals surface area contributed by atoms with Crippen LogP contribution in [0, 0.1) is 5.82 Å². The van der Waals surface area contributed by atoms with Crippen LogP contribution in [0.25, 0.3) is 0 Å². The lowest BCUT2D eigenvalue weighted by Gasteiger charge is -2.27. The third-order valence-electron chi connectivity index (χ3n) is 3.96. The van der Waals surface area contributed by atoms with Crippen LogP contribution >= 0.6 is 11.3 Å². The maximum atomic E-state index is 13.3. The fourth-order valence-electron chi connectivity index (χ4n) is 2.92. The summed E-state index contributed by atoms with van der Waals surface area (Å²) in [6.45, 7) is 1.97. The Labute approximate surface area is 122 Å². The number of aromatic hydroxyl groups is 1. The lowest BCUT2D eigenvalue weighted by molar-refractivity contribution is 0.400. The predicted molar refractivity (Wildman–Crippen MR) is 79.6 cm³/mol. The highest BCUT2D eigenvalue weighted by Gasteiger charge is 2.23. The van der Waals surface area contributed by atoms with Gasteiger partial charge in [0.25, 0.3) is 0 Å². The van der Waals surface area contributed by atoms with Crippen LogP contribution in [0.15, 0.2) is 29.6 Å². The highest BCUT2D eigenvalue weighted by atomic mass is 32.1. The molecular formula is C16H18FNOS. The summed E-state index contributed by atoms with van der Waals surface area (Å²) < 4.78 is 13.3. The van der Waals surface area contributed by atoms with Crippen LogP contribution in [0.2, 0.25) is 0 Å². The van der Waals surface area contributed by atoms with E-state index in [1.807, 2.05) is 18.3 Å². The number of rotatable bonds is 3. The summed E-state index contributed by atoms with van der Waals surface area (Å²) in [5.74, 6) is -0.168. The van der Waals surface area contributed by atoms with Crippen molar-refractivity contribution in [2.75, 3.05) is 0 Å². The van der Waals surface area contributed by atoms with E-state index in [9.17, 15) is 9.50 Å². The van der Waals surface area contributed by atoms with Gasteiger partial charge in [-0.15, -0.1) is 11.3 Å². The molecule has 2 N–H and O–H groups in total. The average molecular weight is 291 g/mol. The summed E-state index contributed by atoms with van der Waals surface area (Å²) in [6.07, 6.45) is 3.42. The third-order valence-corrected chi connectivity index (χ3v) is 4.96. The Balaban J connectivity index is 1.80. The van der Waals surface area contributed by atoms with E-state index in [1.165, 1.54) is 35.1 Å². The highest BCUT2D eigenvalue weighted by molar-refractivity contribution is 7.10. The van der Waals surface area contributed by atoms with E-state index < -0.39 is 0 Å². The van der Waals surface area contributed by atoms with Crippen LogP contribution < -0.4 is 5.32 Å². The van der Waals surface area contributed by atoms with E-state index in [2.05, 4.69) is 16.8 Å². The lowest BCUT2D eigenvalue weighted by atomic mass is 9.92. The zero-order valence-electron chi connectivity index (χ0n) is 11.4. The van der Waals surface area contributed by atoms with Gasteiger partial charge in [0.15, 0.2) is 0 Å². The topological polar surface area (TPSA) is 32.3 Å². The Bertz CT molecular complexity index is 610. The number of halogens is 1. The van der Waals surface area contributed by atoms with Gasteiger partial charge in [0.2, 0.25) is 0 Å². The van der Waals surface area contributed by atoms with Crippen LogP contribution in [0.1, 0.15) is 47.9 Å². The Kier molecular flexibility index (Phi) is 3.76. The van der Waals surface area contributed by atoms with E-state index in [-0.39, 0.29) is 17.6 Å². The summed E-state index contributed by atoms with van der Waals surface area (Å²) in [6, 6.07) is 6.49. The molecule has 1 aromatic heterocycles. The molecule has 0 aliphatic heterocycles. The van der Waals surface area contributed by atoms with Crippen molar-refractivity contribution in [3.63, 3.8) is 0 Å². The van der Waals surface area contributed by atoms with Gasteiger partial charge in [0.05, 0.1) is 0 Å². The molecule has 106 valence electrons. The summed E-state index contributed by atoms with van der Waals surface area (Å²) in [4.78, 5) is 1.45. The standard InChI is InChI=1S/C16H18FNOS/c1-10(13-9-11(17)5-6-15(13)19)18-14-3-2-4-16-12(14)7-8-20-16/h5-10,14,18-19H,2-4H2,1H3. The van der Waals surface area contributed by atoms with Gasteiger partial charge in [-0.3, -0.25) is 0 Å². The molecule has 0 amide bonds. The van der Waals surface area contributed by atoms with Gasteiger partial charge in [-0.05, 0) is 61.4 Å². The quantitative estimate of drug-likeness (QED) is 0.882. The van der Waals surface area contributed by atoms with E-state index in [4.69, 9.17) is 0 Å². The van der Waals surface area contributed by atoms with Gasteiger partial charge in [-0.2, -0.15) is 0 Å². The molecule has 1 heterocycles. The second-order valence-corrected chi connectivity index (χ2v) is 6.34. The number of phenols is 1. The van der Waals surface area contributed by atoms with Crippen LogP contribution in [-0.2, 0) is 6.42 Å². The Morgan fingerprint density at radius 2 is 2.25 bits per heavy atom. The third kappa shape index (κ3) is 2.58. The molecule has 1 aliphatic carbocycles. The molecule has 0 saturated heterocycles. The van der Waals surface area contributed by atoms with Crippen molar-refractivity contribution in [2.45, 2.75) is 38.3 Å². The minimum absolute atomic E-state index is 0.0819. The first-order valence-electron chi connectivity index (χ1n) is 6.96. The minimum Gasteiger partial charge on any atom is -0.508 e. The van der Waals surface area contributed by atoms with E-state index >= 15 is 0 Å². The molecular weight excluding hydrogens is 273 g/mol. The molecule has 1 aliphatic rings. The van der Waals surface area contributed by atoms with Crippen molar-refractivity contribution in [1.29, 1.82) is 0 Å². The summed E-state index contributed by atoms with van der Waals surface area (Å²) in [5.41, 5.74) is 1.98. The number of hydrogen-bond acceptors (Lipinski definition) is 3. The van der Waals surface area contributed by atoms with Crippen molar-refractivity contribution in [1.82, 2.24) is 5.32 Å². The molecule has 2 aromatic rings. The maximum absolute atomic E-state index is 13.3. The molecule has 2 unspecified atom stereocenters. The number of phenolic OH excluding ortho intramolecular Hbond substituents is 1. The van der Waals surface area contributed by atoms with Crippen molar-refractivity contribution in [3.05, 3.63) is 51.5 Å². The van der Waals surface area contributed by atoms with Crippen molar-refractivity contribution in [3.8, 4) is 5.75 Å². The Morgan fingerprint density at radius 1 is 1.40 bits per heavy atom. The van der Waals surface area contributed by atoms with Crippen molar-refractivity contribution in [2.24, 2.45) is 0 Å². The molecule has 0 fully saturated rings. The summed E-state index contributed by atoms with van der Waals surface area (Å²) in [7, 11) is 0. The first kappa shape index (κ1) is 13.6. The normalized spacial score (nSPS) is 19.6.